The zero-order valence-corrected chi connectivity index (χ0v) is 13.4. The molecule has 3 rings (SSSR count). The fraction of sp³-hybridized carbons (Fsp3) is 0.188. The summed E-state index contributed by atoms with van der Waals surface area (Å²) in [6.07, 6.45) is 0. The molecule has 0 bridgehead atoms. The molecule has 3 aromatic rings. The number of para-hydroxylation sites is 1. The quantitative estimate of drug-likeness (QED) is 0.769. The van der Waals surface area contributed by atoms with Gasteiger partial charge in [0.15, 0.2) is 5.13 Å². The Morgan fingerprint density at radius 3 is 2.83 bits per heavy atom. The molecule has 2 N–H and O–H groups in total. The number of anilines is 1. The van der Waals surface area contributed by atoms with Gasteiger partial charge in [0.1, 0.15) is 17.0 Å². The minimum Gasteiger partial charge on any atom is -0.459 e. The average Bonchev–Trinajstić information content (AvgIpc) is 3.12. The van der Waals surface area contributed by atoms with Crippen molar-refractivity contribution in [2.75, 3.05) is 5.32 Å². The topological polar surface area (TPSA) is 84.2 Å². The van der Waals surface area contributed by atoms with Crippen molar-refractivity contribution in [3.63, 3.8) is 0 Å². The van der Waals surface area contributed by atoms with Gasteiger partial charge >= 0.3 is 0 Å². The Morgan fingerprint density at radius 2 is 2.09 bits per heavy atom. The molecule has 0 saturated carbocycles. The van der Waals surface area contributed by atoms with E-state index >= 15 is 0 Å². The van der Waals surface area contributed by atoms with Crippen molar-refractivity contribution in [2.24, 2.45) is 0 Å². The summed E-state index contributed by atoms with van der Waals surface area (Å²) in [7, 11) is 0. The largest absolute Gasteiger partial charge is 0.459 e. The Labute approximate surface area is 136 Å². The number of benzene rings is 1. The Balaban J connectivity index is 1.71. The second-order valence-electron chi connectivity index (χ2n) is 5.10. The van der Waals surface area contributed by atoms with Gasteiger partial charge in [0, 0.05) is 17.7 Å². The van der Waals surface area contributed by atoms with Crippen LogP contribution in [-0.4, -0.2) is 16.8 Å². The maximum atomic E-state index is 12.2. The number of hydrogen-bond acceptors (Lipinski definition) is 5. The summed E-state index contributed by atoms with van der Waals surface area (Å²) in [6, 6.07) is 9.29. The first-order valence-electron chi connectivity index (χ1n) is 7.05. The Bertz CT molecular complexity index is 835. The molecule has 0 aliphatic carbocycles. The van der Waals surface area contributed by atoms with Gasteiger partial charge in [-0.1, -0.05) is 18.2 Å². The molecule has 0 aliphatic rings. The SMILES string of the molecule is CC(=O)Nc1nc(C(=O)NC(C)c2cc3ccccc3o2)cs1. The second-order valence-corrected chi connectivity index (χ2v) is 5.96. The van der Waals surface area contributed by atoms with E-state index < -0.39 is 0 Å². The van der Waals surface area contributed by atoms with Crippen molar-refractivity contribution in [3.8, 4) is 0 Å². The van der Waals surface area contributed by atoms with Gasteiger partial charge in [-0.3, -0.25) is 9.59 Å². The number of aromatic nitrogens is 1. The summed E-state index contributed by atoms with van der Waals surface area (Å²) in [6.45, 7) is 3.24. The molecule has 0 fully saturated rings. The molecule has 23 heavy (non-hydrogen) atoms. The summed E-state index contributed by atoms with van der Waals surface area (Å²) >= 11 is 1.21. The van der Waals surface area contributed by atoms with Crippen LogP contribution in [0.2, 0.25) is 0 Å². The van der Waals surface area contributed by atoms with Crippen LogP contribution in [-0.2, 0) is 4.79 Å². The lowest BCUT2D eigenvalue weighted by atomic mass is 10.2. The van der Waals surface area contributed by atoms with Gasteiger partial charge in [-0.05, 0) is 19.1 Å². The van der Waals surface area contributed by atoms with Crippen LogP contribution in [0.1, 0.15) is 36.1 Å². The summed E-state index contributed by atoms with van der Waals surface area (Å²) in [5.41, 5.74) is 1.05. The van der Waals surface area contributed by atoms with Crippen molar-refractivity contribution in [1.82, 2.24) is 10.3 Å². The monoisotopic (exact) mass is 329 g/mol. The van der Waals surface area contributed by atoms with Crippen LogP contribution in [0.5, 0.6) is 0 Å². The fourth-order valence-electron chi connectivity index (χ4n) is 2.14. The summed E-state index contributed by atoms with van der Waals surface area (Å²) < 4.78 is 5.73. The summed E-state index contributed by atoms with van der Waals surface area (Å²) in [5, 5.41) is 8.39. The molecular formula is C16H15N3O3S. The molecule has 6 nitrogen and oxygen atoms in total. The molecule has 1 unspecified atom stereocenters. The van der Waals surface area contributed by atoms with Crippen LogP contribution in [0, 0.1) is 0 Å². The first-order chi connectivity index (χ1) is 11.0. The minimum atomic E-state index is -0.314. The van der Waals surface area contributed by atoms with Gasteiger partial charge in [0.05, 0.1) is 6.04 Å². The highest BCUT2D eigenvalue weighted by atomic mass is 32.1. The first kappa shape index (κ1) is 15.2. The zero-order valence-electron chi connectivity index (χ0n) is 12.6. The minimum absolute atomic E-state index is 0.220. The van der Waals surface area contributed by atoms with Crippen molar-refractivity contribution in [3.05, 3.63) is 47.2 Å². The van der Waals surface area contributed by atoms with E-state index in [0.29, 0.717) is 10.9 Å². The lowest BCUT2D eigenvalue weighted by Crippen LogP contribution is -2.26. The van der Waals surface area contributed by atoms with Crippen molar-refractivity contribution in [2.45, 2.75) is 19.9 Å². The van der Waals surface area contributed by atoms with Gasteiger partial charge in [0.25, 0.3) is 5.91 Å². The van der Waals surface area contributed by atoms with E-state index in [9.17, 15) is 9.59 Å². The molecule has 2 heterocycles. The summed E-state index contributed by atoms with van der Waals surface area (Å²) in [4.78, 5) is 27.3. The van der Waals surface area contributed by atoms with E-state index in [-0.39, 0.29) is 23.6 Å². The van der Waals surface area contributed by atoms with E-state index in [1.165, 1.54) is 18.3 Å². The standard InChI is InChI=1S/C16H15N3O3S/c1-9(14-7-11-5-3-4-6-13(11)22-14)17-15(21)12-8-23-16(19-12)18-10(2)20/h3-9H,1-2H3,(H,17,21)(H,18,19,20). The predicted molar refractivity (Wildman–Crippen MR) is 88.5 cm³/mol. The van der Waals surface area contributed by atoms with Crippen LogP contribution in [0.3, 0.4) is 0 Å². The number of hydrogen-bond donors (Lipinski definition) is 2. The number of furan rings is 1. The fourth-order valence-corrected chi connectivity index (χ4v) is 2.88. The number of carbonyl (C=O) groups is 2. The third-order valence-corrected chi connectivity index (χ3v) is 4.00. The molecule has 7 heteroatoms. The molecule has 2 aromatic heterocycles. The number of nitrogens with zero attached hydrogens (tertiary/aromatic N) is 1. The number of thiazole rings is 1. The third kappa shape index (κ3) is 3.40. The van der Waals surface area contributed by atoms with Gasteiger partial charge in [-0.2, -0.15) is 0 Å². The van der Waals surface area contributed by atoms with E-state index in [1.807, 2.05) is 37.3 Å². The first-order valence-corrected chi connectivity index (χ1v) is 7.93. The van der Waals surface area contributed by atoms with Gasteiger partial charge in [-0.25, -0.2) is 4.98 Å². The number of fused-ring (bicyclic) bond motifs is 1. The highest BCUT2D eigenvalue weighted by Gasteiger charge is 2.17. The molecule has 0 saturated heterocycles. The lowest BCUT2D eigenvalue weighted by Gasteiger charge is -2.09. The zero-order chi connectivity index (χ0) is 16.4. The van der Waals surface area contributed by atoms with Crippen LogP contribution in [0.25, 0.3) is 11.0 Å². The lowest BCUT2D eigenvalue weighted by molar-refractivity contribution is -0.114. The van der Waals surface area contributed by atoms with Crippen molar-refractivity contribution >= 4 is 39.3 Å². The van der Waals surface area contributed by atoms with Gasteiger partial charge in [-0.15, -0.1) is 11.3 Å². The molecule has 118 valence electrons. The molecular weight excluding hydrogens is 314 g/mol. The molecule has 1 atom stereocenters. The number of amides is 2. The number of nitrogens with one attached hydrogen (secondary N) is 2. The van der Waals surface area contributed by atoms with Crippen LogP contribution in [0.15, 0.2) is 40.1 Å². The van der Waals surface area contributed by atoms with E-state index in [0.717, 1.165) is 11.0 Å². The van der Waals surface area contributed by atoms with Gasteiger partial charge < -0.3 is 15.1 Å². The highest BCUT2D eigenvalue weighted by Crippen LogP contribution is 2.24. The normalized spacial score (nSPS) is 12.1. The molecule has 0 spiro atoms. The Morgan fingerprint density at radius 1 is 1.30 bits per heavy atom. The van der Waals surface area contributed by atoms with Crippen LogP contribution < -0.4 is 10.6 Å². The number of carbonyl (C=O) groups excluding carboxylic acids is 2. The molecule has 2 amide bonds. The van der Waals surface area contributed by atoms with Crippen LogP contribution >= 0.6 is 11.3 Å². The maximum Gasteiger partial charge on any atom is 0.271 e. The van der Waals surface area contributed by atoms with Crippen molar-refractivity contribution < 1.29 is 14.0 Å². The van der Waals surface area contributed by atoms with Crippen molar-refractivity contribution in [1.29, 1.82) is 0 Å². The van der Waals surface area contributed by atoms with E-state index in [2.05, 4.69) is 15.6 Å². The Kier molecular flexibility index (Phi) is 4.12. The predicted octanol–water partition coefficient (Wildman–Crippen LogP) is 3.34. The smallest absolute Gasteiger partial charge is 0.271 e. The maximum absolute atomic E-state index is 12.2. The van der Waals surface area contributed by atoms with Gasteiger partial charge in [0.2, 0.25) is 5.91 Å². The van der Waals surface area contributed by atoms with E-state index in [4.69, 9.17) is 4.42 Å². The third-order valence-electron chi connectivity index (χ3n) is 3.24. The second kappa shape index (κ2) is 6.21. The Hall–Kier alpha value is -2.67. The average molecular weight is 329 g/mol. The molecule has 0 radical (unpaired) electrons. The highest BCUT2D eigenvalue weighted by molar-refractivity contribution is 7.14. The summed E-state index contributed by atoms with van der Waals surface area (Å²) in [5.74, 6) is 0.143. The number of rotatable bonds is 4. The molecule has 0 aliphatic heterocycles. The molecule has 1 aromatic carbocycles. The van der Waals surface area contributed by atoms with E-state index in [1.54, 1.807) is 5.38 Å². The van der Waals surface area contributed by atoms with Crippen LogP contribution in [0.4, 0.5) is 5.13 Å².